The van der Waals surface area contributed by atoms with Crippen LogP contribution in [0.1, 0.15) is 34.6 Å². The number of para-hydroxylation sites is 1. The van der Waals surface area contributed by atoms with Crippen LogP contribution >= 0.6 is 0 Å². The predicted octanol–water partition coefficient (Wildman–Crippen LogP) is 4.57. The molecule has 29 heavy (non-hydrogen) atoms. The van der Waals surface area contributed by atoms with Crippen LogP contribution in [0.4, 0.5) is 0 Å². The van der Waals surface area contributed by atoms with Crippen molar-refractivity contribution in [3.63, 3.8) is 0 Å². The van der Waals surface area contributed by atoms with E-state index < -0.39 is 0 Å². The van der Waals surface area contributed by atoms with E-state index in [0.29, 0.717) is 35.9 Å². The molecule has 0 saturated carbocycles. The standard InChI is InChI=1S/C23H20N2O4/c1-3-28-22-19-12-18-11-16(23(27)29-4-2)10-9-15(18)13-21(19)25(24-22)20-8-6-5-7-17(20)14-26/h5-14H,3-4H2,1-2H3. The average molecular weight is 388 g/mol. The lowest BCUT2D eigenvalue weighted by Gasteiger charge is -2.07. The highest BCUT2D eigenvalue weighted by molar-refractivity contribution is 6.03. The van der Waals surface area contributed by atoms with E-state index in [1.54, 1.807) is 29.8 Å². The number of aromatic nitrogens is 2. The molecule has 0 aliphatic heterocycles. The predicted molar refractivity (Wildman–Crippen MR) is 111 cm³/mol. The molecule has 0 saturated heterocycles. The Labute approximate surface area is 167 Å². The number of fused-ring (bicyclic) bond motifs is 2. The highest BCUT2D eigenvalue weighted by Gasteiger charge is 2.17. The molecule has 0 aliphatic carbocycles. The molecule has 0 aliphatic rings. The lowest BCUT2D eigenvalue weighted by molar-refractivity contribution is 0.0526. The van der Waals surface area contributed by atoms with Crippen molar-refractivity contribution in [2.24, 2.45) is 0 Å². The van der Waals surface area contributed by atoms with Gasteiger partial charge in [0.2, 0.25) is 5.88 Å². The van der Waals surface area contributed by atoms with Crippen LogP contribution < -0.4 is 4.74 Å². The molecular weight excluding hydrogens is 368 g/mol. The topological polar surface area (TPSA) is 70.4 Å². The third-order valence-corrected chi connectivity index (χ3v) is 4.69. The molecule has 3 aromatic carbocycles. The summed E-state index contributed by atoms with van der Waals surface area (Å²) in [6, 6.07) is 16.6. The highest BCUT2D eigenvalue weighted by Crippen LogP contribution is 2.32. The zero-order chi connectivity index (χ0) is 20.4. The lowest BCUT2D eigenvalue weighted by atomic mass is 10.0. The van der Waals surface area contributed by atoms with E-state index in [2.05, 4.69) is 5.10 Å². The number of nitrogens with zero attached hydrogens (tertiary/aromatic N) is 2. The third-order valence-electron chi connectivity index (χ3n) is 4.69. The van der Waals surface area contributed by atoms with Gasteiger partial charge in [0.25, 0.3) is 0 Å². The lowest BCUT2D eigenvalue weighted by Crippen LogP contribution is -2.04. The van der Waals surface area contributed by atoms with Gasteiger partial charge in [0.05, 0.1) is 35.4 Å². The summed E-state index contributed by atoms with van der Waals surface area (Å²) in [5, 5.41) is 7.24. The Morgan fingerprint density at radius 3 is 2.62 bits per heavy atom. The van der Waals surface area contributed by atoms with Gasteiger partial charge in [-0.1, -0.05) is 18.2 Å². The van der Waals surface area contributed by atoms with Gasteiger partial charge in [0.1, 0.15) is 0 Å². The van der Waals surface area contributed by atoms with Crippen LogP contribution in [-0.2, 0) is 4.74 Å². The number of carbonyl (C=O) groups is 2. The van der Waals surface area contributed by atoms with Gasteiger partial charge in [-0.25, -0.2) is 9.48 Å². The molecular formula is C23H20N2O4. The smallest absolute Gasteiger partial charge is 0.338 e. The minimum absolute atomic E-state index is 0.327. The number of ether oxygens (including phenoxy) is 2. The highest BCUT2D eigenvalue weighted by atomic mass is 16.5. The number of carbonyl (C=O) groups excluding carboxylic acids is 2. The van der Waals surface area contributed by atoms with Gasteiger partial charge in [-0.3, -0.25) is 4.79 Å². The number of benzene rings is 3. The zero-order valence-corrected chi connectivity index (χ0v) is 16.2. The van der Waals surface area contributed by atoms with E-state index in [0.717, 1.165) is 28.0 Å². The summed E-state index contributed by atoms with van der Waals surface area (Å²) < 4.78 is 12.6. The van der Waals surface area contributed by atoms with Crippen molar-refractivity contribution in [2.75, 3.05) is 13.2 Å². The molecule has 6 nitrogen and oxygen atoms in total. The fourth-order valence-electron chi connectivity index (χ4n) is 3.38. The van der Waals surface area contributed by atoms with Crippen LogP contribution in [0.15, 0.2) is 54.6 Å². The summed E-state index contributed by atoms with van der Waals surface area (Å²) in [6.45, 7) is 4.46. The molecule has 0 unspecified atom stereocenters. The molecule has 0 spiro atoms. The first kappa shape index (κ1) is 18.7. The van der Waals surface area contributed by atoms with E-state index in [-0.39, 0.29) is 5.97 Å². The maximum absolute atomic E-state index is 12.1. The minimum atomic E-state index is -0.352. The van der Waals surface area contributed by atoms with Crippen LogP contribution in [0.2, 0.25) is 0 Å². The van der Waals surface area contributed by atoms with Crippen molar-refractivity contribution in [3.8, 4) is 11.6 Å². The second-order valence-corrected chi connectivity index (χ2v) is 6.48. The van der Waals surface area contributed by atoms with Gasteiger partial charge in [0, 0.05) is 5.56 Å². The van der Waals surface area contributed by atoms with Gasteiger partial charge >= 0.3 is 5.97 Å². The molecule has 0 atom stereocenters. The molecule has 6 heteroatoms. The summed E-state index contributed by atoms with van der Waals surface area (Å²) in [5.74, 6) is 0.127. The molecule has 0 amide bonds. The molecule has 146 valence electrons. The second kappa shape index (κ2) is 7.75. The van der Waals surface area contributed by atoms with Crippen molar-refractivity contribution in [1.29, 1.82) is 0 Å². The fraction of sp³-hybridized carbons (Fsp3) is 0.174. The second-order valence-electron chi connectivity index (χ2n) is 6.48. The molecule has 0 fully saturated rings. The van der Waals surface area contributed by atoms with E-state index in [4.69, 9.17) is 9.47 Å². The Balaban J connectivity index is 1.96. The molecule has 4 rings (SSSR count). The number of rotatable bonds is 6. The first-order chi connectivity index (χ1) is 14.2. The number of hydrogen-bond acceptors (Lipinski definition) is 5. The monoisotopic (exact) mass is 388 g/mol. The maximum atomic E-state index is 12.1. The third kappa shape index (κ3) is 3.33. The zero-order valence-electron chi connectivity index (χ0n) is 16.2. The van der Waals surface area contributed by atoms with E-state index >= 15 is 0 Å². The number of hydrogen-bond donors (Lipinski definition) is 0. The Bertz CT molecular complexity index is 1230. The van der Waals surface area contributed by atoms with Gasteiger partial charge in [-0.15, -0.1) is 5.10 Å². The maximum Gasteiger partial charge on any atom is 0.338 e. The molecule has 1 aromatic heterocycles. The largest absolute Gasteiger partial charge is 0.476 e. The van der Waals surface area contributed by atoms with Gasteiger partial charge in [-0.2, -0.15) is 0 Å². The Kier molecular flexibility index (Phi) is 4.99. The summed E-state index contributed by atoms with van der Waals surface area (Å²) >= 11 is 0. The summed E-state index contributed by atoms with van der Waals surface area (Å²) in [4.78, 5) is 23.6. The van der Waals surface area contributed by atoms with Crippen molar-refractivity contribution in [2.45, 2.75) is 13.8 Å². The molecule has 0 radical (unpaired) electrons. The molecule has 0 bridgehead atoms. The Hall–Kier alpha value is -3.67. The molecule has 0 N–H and O–H groups in total. The van der Waals surface area contributed by atoms with Crippen molar-refractivity contribution >= 4 is 33.9 Å². The van der Waals surface area contributed by atoms with Crippen molar-refractivity contribution < 1.29 is 19.1 Å². The average Bonchev–Trinajstić information content (AvgIpc) is 3.09. The van der Waals surface area contributed by atoms with Crippen LogP contribution in [0.5, 0.6) is 5.88 Å². The van der Waals surface area contributed by atoms with Gasteiger partial charge < -0.3 is 9.47 Å². The van der Waals surface area contributed by atoms with Gasteiger partial charge in [-0.05, 0) is 61.0 Å². The minimum Gasteiger partial charge on any atom is -0.476 e. The van der Waals surface area contributed by atoms with Crippen LogP contribution in [0.25, 0.3) is 27.4 Å². The SMILES string of the molecule is CCOC(=O)c1ccc2cc3c(cc2c1)c(OCC)nn3-c1ccccc1C=O. The van der Waals surface area contributed by atoms with Crippen LogP contribution in [0, 0.1) is 0 Å². The number of esters is 1. The fourth-order valence-corrected chi connectivity index (χ4v) is 3.38. The van der Waals surface area contributed by atoms with E-state index in [9.17, 15) is 9.59 Å². The summed E-state index contributed by atoms with van der Waals surface area (Å²) in [5.41, 5.74) is 2.54. The normalized spacial score (nSPS) is 11.0. The van der Waals surface area contributed by atoms with Crippen LogP contribution in [0.3, 0.4) is 0 Å². The number of aldehydes is 1. The quantitative estimate of drug-likeness (QED) is 0.358. The van der Waals surface area contributed by atoms with Crippen molar-refractivity contribution in [3.05, 3.63) is 65.7 Å². The first-order valence-corrected chi connectivity index (χ1v) is 9.47. The van der Waals surface area contributed by atoms with Crippen LogP contribution in [-0.4, -0.2) is 35.2 Å². The van der Waals surface area contributed by atoms with E-state index in [1.165, 1.54) is 0 Å². The molecule has 1 heterocycles. The van der Waals surface area contributed by atoms with Gasteiger partial charge in [0.15, 0.2) is 6.29 Å². The first-order valence-electron chi connectivity index (χ1n) is 9.47. The molecule has 4 aromatic rings. The van der Waals surface area contributed by atoms with E-state index in [1.807, 2.05) is 43.3 Å². The Morgan fingerprint density at radius 1 is 1.03 bits per heavy atom. The van der Waals surface area contributed by atoms with Crippen molar-refractivity contribution in [1.82, 2.24) is 9.78 Å². The summed E-state index contributed by atoms with van der Waals surface area (Å²) in [6.07, 6.45) is 0.815. The summed E-state index contributed by atoms with van der Waals surface area (Å²) in [7, 11) is 0. The Morgan fingerprint density at radius 2 is 1.86 bits per heavy atom.